The van der Waals surface area contributed by atoms with Crippen molar-refractivity contribution in [3.63, 3.8) is 0 Å². The third-order valence-electron chi connectivity index (χ3n) is 2.40. The van der Waals surface area contributed by atoms with E-state index >= 15 is 0 Å². The predicted octanol–water partition coefficient (Wildman–Crippen LogP) is 2.95. The van der Waals surface area contributed by atoms with Crippen LogP contribution in [0, 0.1) is 0 Å². The van der Waals surface area contributed by atoms with E-state index < -0.39 is 0 Å². The number of pyridine rings is 1. The molecule has 106 valence electrons. The van der Waals surface area contributed by atoms with Gasteiger partial charge >= 0.3 is 0 Å². The lowest BCUT2D eigenvalue weighted by Crippen LogP contribution is -2.13. The van der Waals surface area contributed by atoms with E-state index in [4.69, 9.17) is 10.5 Å². The topological polar surface area (TPSA) is 77.2 Å². The Hall–Kier alpha value is -2.56. The monoisotopic (exact) mass is 273 g/mol. The van der Waals surface area contributed by atoms with Gasteiger partial charge in [0, 0.05) is 11.8 Å². The van der Waals surface area contributed by atoms with Gasteiger partial charge in [0.25, 0.3) is 5.91 Å². The maximum Gasteiger partial charge on any atom is 0.256 e. The number of nitrogen functional groups attached to an aromatic ring is 1. The van der Waals surface area contributed by atoms with Gasteiger partial charge < -0.3 is 15.8 Å². The highest BCUT2D eigenvalue weighted by atomic mass is 16.5. The van der Waals surface area contributed by atoms with E-state index in [1.807, 2.05) is 13.8 Å². The summed E-state index contributed by atoms with van der Waals surface area (Å²) in [4.78, 5) is 15.9. The van der Waals surface area contributed by atoms with Gasteiger partial charge in [0.1, 0.15) is 11.6 Å². The van der Waals surface area contributed by atoms with Gasteiger partial charge in [-0.05, 0) is 30.3 Å². The lowest BCUT2D eigenvalue weighted by atomic mass is 10.2. The lowest BCUT2D eigenvalue weighted by molar-refractivity contribution is 0.102. The molecule has 0 aliphatic heterocycles. The fourth-order valence-corrected chi connectivity index (χ4v) is 1.50. The van der Waals surface area contributed by atoms with Crippen LogP contribution in [0.3, 0.4) is 0 Å². The third kappa shape index (κ3) is 3.98. The number of nitrogens with one attached hydrogen (secondary N) is 1. The van der Waals surface area contributed by atoms with Crippen molar-refractivity contribution in [2.45, 2.75) is 13.8 Å². The first kappa shape index (κ1) is 15.5. The highest BCUT2D eigenvalue weighted by molar-refractivity contribution is 6.04. The van der Waals surface area contributed by atoms with Gasteiger partial charge in [0.2, 0.25) is 0 Å². The number of carbonyl (C=O) groups excluding carboxylic acids is 1. The van der Waals surface area contributed by atoms with Crippen molar-refractivity contribution in [3.05, 3.63) is 48.2 Å². The second-order valence-corrected chi connectivity index (χ2v) is 3.63. The van der Waals surface area contributed by atoms with Gasteiger partial charge in [0.15, 0.2) is 0 Å². The maximum atomic E-state index is 11.9. The number of aromatic nitrogens is 1. The molecule has 1 heterocycles. The van der Waals surface area contributed by atoms with E-state index in [1.165, 1.54) is 7.11 Å². The molecule has 0 fully saturated rings. The van der Waals surface area contributed by atoms with Crippen LogP contribution in [0.15, 0.2) is 42.6 Å². The zero-order valence-corrected chi connectivity index (χ0v) is 11.9. The fourth-order valence-electron chi connectivity index (χ4n) is 1.50. The van der Waals surface area contributed by atoms with Gasteiger partial charge in [-0.25, -0.2) is 4.98 Å². The molecule has 2 aromatic rings. The molecule has 0 aliphatic carbocycles. The van der Waals surface area contributed by atoms with Crippen LogP contribution in [0.1, 0.15) is 24.2 Å². The molecule has 0 bridgehead atoms. The lowest BCUT2D eigenvalue weighted by Gasteiger charge is -2.07. The number of benzene rings is 1. The van der Waals surface area contributed by atoms with Gasteiger partial charge in [0.05, 0.1) is 12.8 Å². The van der Waals surface area contributed by atoms with Crippen molar-refractivity contribution in [3.8, 4) is 5.75 Å². The molecule has 0 aliphatic rings. The molecule has 2 rings (SSSR count). The number of hydrogen-bond donors (Lipinski definition) is 2. The van der Waals surface area contributed by atoms with Crippen LogP contribution in [0.4, 0.5) is 11.5 Å². The Bertz CT molecular complexity index is 556. The molecule has 0 unspecified atom stereocenters. The SMILES string of the molecule is CC.COc1ccc(C(=O)Nc2ccccn2)cc1N. The van der Waals surface area contributed by atoms with Crippen LogP contribution < -0.4 is 15.8 Å². The highest BCUT2D eigenvalue weighted by Gasteiger charge is 2.09. The van der Waals surface area contributed by atoms with E-state index in [1.54, 1.807) is 42.6 Å². The first-order valence-electron chi connectivity index (χ1n) is 6.36. The first-order valence-corrected chi connectivity index (χ1v) is 6.36. The molecular weight excluding hydrogens is 254 g/mol. The third-order valence-corrected chi connectivity index (χ3v) is 2.40. The number of nitrogens with two attached hydrogens (primary N) is 1. The maximum absolute atomic E-state index is 11.9. The molecular formula is C15H19N3O2. The summed E-state index contributed by atoms with van der Waals surface area (Å²) in [6.45, 7) is 4.00. The average Bonchev–Trinajstić information content (AvgIpc) is 2.50. The summed E-state index contributed by atoms with van der Waals surface area (Å²) >= 11 is 0. The van der Waals surface area contributed by atoms with E-state index in [0.717, 1.165) is 0 Å². The summed E-state index contributed by atoms with van der Waals surface area (Å²) < 4.78 is 5.03. The van der Waals surface area contributed by atoms with Crippen molar-refractivity contribution in [1.29, 1.82) is 0 Å². The molecule has 0 spiro atoms. The first-order chi connectivity index (χ1) is 9.70. The van der Waals surface area contributed by atoms with Crippen LogP contribution in [-0.4, -0.2) is 18.0 Å². The quantitative estimate of drug-likeness (QED) is 0.843. The van der Waals surface area contributed by atoms with E-state index in [9.17, 15) is 4.79 Å². The minimum Gasteiger partial charge on any atom is -0.495 e. The van der Waals surface area contributed by atoms with E-state index in [-0.39, 0.29) is 5.91 Å². The molecule has 5 nitrogen and oxygen atoms in total. The molecule has 0 radical (unpaired) electrons. The number of methoxy groups -OCH3 is 1. The van der Waals surface area contributed by atoms with Crippen molar-refractivity contribution in [2.75, 3.05) is 18.2 Å². The smallest absolute Gasteiger partial charge is 0.256 e. The van der Waals surface area contributed by atoms with Crippen LogP contribution in [0.2, 0.25) is 0 Å². The van der Waals surface area contributed by atoms with Crippen molar-refractivity contribution in [1.82, 2.24) is 4.98 Å². The number of ether oxygens (including phenoxy) is 1. The molecule has 5 heteroatoms. The standard InChI is InChI=1S/C13H13N3O2.C2H6/c1-18-11-6-5-9(8-10(11)14)13(17)16-12-4-2-3-7-15-12;1-2/h2-8H,14H2,1H3,(H,15,16,17);1-2H3. The van der Waals surface area contributed by atoms with E-state index in [0.29, 0.717) is 22.8 Å². The van der Waals surface area contributed by atoms with Crippen LogP contribution in [-0.2, 0) is 0 Å². The summed E-state index contributed by atoms with van der Waals surface area (Å²) in [5.41, 5.74) is 6.62. The summed E-state index contributed by atoms with van der Waals surface area (Å²) in [6.07, 6.45) is 1.61. The highest BCUT2D eigenvalue weighted by Crippen LogP contribution is 2.22. The largest absolute Gasteiger partial charge is 0.495 e. The second kappa shape index (κ2) is 7.78. The van der Waals surface area contributed by atoms with Crippen LogP contribution >= 0.6 is 0 Å². The Morgan fingerprint density at radius 3 is 2.55 bits per heavy atom. The molecule has 1 aromatic heterocycles. The Morgan fingerprint density at radius 1 is 1.25 bits per heavy atom. The number of amides is 1. The Labute approximate surface area is 118 Å². The fraction of sp³-hybridized carbons (Fsp3) is 0.200. The normalized spacial score (nSPS) is 9.15. The number of nitrogens with zero attached hydrogens (tertiary/aromatic N) is 1. The number of carbonyl (C=O) groups is 1. The van der Waals surface area contributed by atoms with E-state index in [2.05, 4.69) is 10.3 Å². The van der Waals surface area contributed by atoms with Gasteiger partial charge in [-0.1, -0.05) is 19.9 Å². The summed E-state index contributed by atoms with van der Waals surface area (Å²) in [6, 6.07) is 10.2. The molecule has 1 aromatic carbocycles. The second-order valence-electron chi connectivity index (χ2n) is 3.63. The summed E-state index contributed by atoms with van der Waals surface area (Å²) in [5.74, 6) is 0.782. The van der Waals surface area contributed by atoms with Crippen molar-refractivity contribution in [2.24, 2.45) is 0 Å². The van der Waals surface area contributed by atoms with Gasteiger partial charge in [-0.2, -0.15) is 0 Å². The minimum atomic E-state index is -0.261. The number of rotatable bonds is 3. The zero-order valence-electron chi connectivity index (χ0n) is 11.9. The van der Waals surface area contributed by atoms with Gasteiger partial charge in [-0.15, -0.1) is 0 Å². The number of hydrogen-bond acceptors (Lipinski definition) is 4. The van der Waals surface area contributed by atoms with Crippen LogP contribution in [0.5, 0.6) is 5.75 Å². The zero-order chi connectivity index (χ0) is 15.0. The Morgan fingerprint density at radius 2 is 2.00 bits per heavy atom. The summed E-state index contributed by atoms with van der Waals surface area (Å²) in [7, 11) is 1.53. The average molecular weight is 273 g/mol. The number of anilines is 2. The molecule has 0 saturated carbocycles. The van der Waals surface area contributed by atoms with Crippen LogP contribution in [0.25, 0.3) is 0 Å². The molecule has 3 N–H and O–H groups in total. The summed E-state index contributed by atoms with van der Waals surface area (Å²) in [5, 5.41) is 2.68. The molecule has 1 amide bonds. The Kier molecular flexibility index (Phi) is 6.03. The minimum absolute atomic E-state index is 0.261. The predicted molar refractivity (Wildman–Crippen MR) is 80.9 cm³/mol. The Balaban J connectivity index is 0.000000956. The molecule has 20 heavy (non-hydrogen) atoms. The van der Waals surface area contributed by atoms with Crippen molar-refractivity contribution >= 4 is 17.4 Å². The molecule has 0 atom stereocenters. The van der Waals surface area contributed by atoms with Crippen molar-refractivity contribution < 1.29 is 9.53 Å². The van der Waals surface area contributed by atoms with Gasteiger partial charge in [-0.3, -0.25) is 4.79 Å². The molecule has 0 saturated heterocycles.